The molecule has 1 aliphatic heterocycles. The standard InChI is InChI=1S/C22H26N2O3S/c1-22(2,3)27-20(25)14-24-18-11-7-8-12-19(18)28-15-17(21(24)26)23-13-16-9-5-4-6-10-16/h4-12,17,23H,13-15H2,1-3H3/t17-/m0/s1. The summed E-state index contributed by atoms with van der Waals surface area (Å²) in [4.78, 5) is 28.2. The van der Waals surface area contributed by atoms with Crippen LogP contribution in [0.15, 0.2) is 59.5 Å². The number of fused-ring (bicyclic) bond motifs is 1. The van der Waals surface area contributed by atoms with E-state index in [2.05, 4.69) is 5.32 Å². The summed E-state index contributed by atoms with van der Waals surface area (Å²) in [7, 11) is 0. The largest absolute Gasteiger partial charge is 0.459 e. The van der Waals surface area contributed by atoms with Crippen LogP contribution in [-0.2, 0) is 20.9 Å². The number of para-hydroxylation sites is 1. The molecular weight excluding hydrogens is 372 g/mol. The van der Waals surface area contributed by atoms with E-state index in [1.807, 2.05) is 75.4 Å². The fraction of sp³-hybridized carbons (Fsp3) is 0.364. The lowest BCUT2D eigenvalue weighted by Crippen LogP contribution is -2.49. The number of carbonyl (C=O) groups excluding carboxylic acids is 2. The lowest BCUT2D eigenvalue weighted by Gasteiger charge is -2.27. The van der Waals surface area contributed by atoms with Crippen molar-refractivity contribution in [2.45, 2.75) is 43.9 Å². The van der Waals surface area contributed by atoms with E-state index in [0.29, 0.717) is 12.3 Å². The van der Waals surface area contributed by atoms with Crippen LogP contribution in [0, 0.1) is 0 Å². The molecule has 0 spiro atoms. The molecule has 5 nitrogen and oxygen atoms in total. The van der Waals surface area contributed by atoms with Crippen molar-refractivity contribution in [2.75, 3.05) is 17.2 Å². The van der Waals surface area contributed by atoms with E-state index in [4.69, 9.17) is 4.74 Å². The molecule has 0 saturated carbocycles. The van der Waals surface area contributed by atoms with Gasteiger partial charge in [-0.15, -0.1) is 11.8 Å². The molecule has 0 fully saturated rings. The Hall–Kier alpha value is -2.31. The molecule has 1 N–H and O–H groups in total. The zero-order valence-corrected chi connectivity index (χ0v) is 17.3. The highest BCUT2D eigenvalue weighted by atomic mass is 32.2. The van der Waals surface area contributed by atoms with Gasteiger partial charge in [0.25, 0.3) is 0 Å². The van der Waals surface area contributed by atoms with Gasteiger partial charge in [0.1, 0.15) is 12.1 Å². The number of benzene rings is 2. The molecule has 0 radical (unpaired) electrons. The first kappa shape index (κ1) is 20.4. The molecule has 0 aromatic heterocycles. The second-order valence-electron chi connectivity index (χ2n) is 7.71. The van der Waals surface area contributed by atoms with Crippen LogP contribution in [0.2, 0.25) is 0 Å². The summed E-state index contributed by atoms with van der Waals surface area (Å²) in [6, 6.07) is 17.3. The topological polar surface area (TPSA) is 58.6 Å². The molecule has 0 unspecified atom stereocenters. The van der Waals surface area contributed by atoms with Crippen LogP contribution in [0.4, 0.5) is 5.69 Å². The predicted octanol–water partition coefficient (Wildman–Crippen LogP) is 3.63. The Morgan fingerprint density at radius 1 is 1.14 bits per heavy atom. The number of hydrogen-bond acceptors (Lipinski definition) is 5. The van der Waals surface area contributed by atoms with Crippen LogP contribution in [0.25, 0.3) is 0 Å². The summed E-state index contributed by atoms with van der Waals surface area (Å²) in [5.74, 6) is 0.0802. The average Bonchev–Trinajstić information content (AvgIpc) is 2.77. The molecule has 1 aliphatic rings. The number of hydrogen-bond donors (Lipinski definition) is 1. The van der Waals surface area contributed by atoms with Crippen LogP contribution in [0.5, 0.6) is 0 Å². The maximum atomic E-state index is 13.3. The van der Waals surface area contributed by atoms with Gasteiger partial charge >= 0.3 is 5.97 Å². The number of ether oxygens (including phenoxy) is 1. The SMILES string of the molecule is CC(C)(C)OC(=O)CN1C(=O)[C@@H](NCc2ccccc2)CSc2ccccc21. The van der Waals surface area contributed by atoms with Crippen molar-refractivity contribution in [3.8, 4) is 0 Å². The van der Waals surface area contributed by atoms with Gasteiger partial charge in [-0.3, -0.25) is 14.5 Å². The number of rotatable bonds is 5. The molecular formula is C22H26N2O3S. The average molecular weight is 399 g/mol. The van der Waals surface area contributed by atoms with Crippen molar-refractivity contribution >= 4 is 29.3 Å². The molecule has 148 valence electrons. The van der Waals surface area contributed by atoms with Crippen molar-refractivity contribution in [3.05, 3.63) is 60.2 Å². The minimum absolute atomic E-state index is 0.100. The Kier molecular flexibility index (Phi) is 6.42. The molecule has 1 amide bonds. The fourth-order valence-electron chi connectivity index (χ4n) is 3.00. The summed E-state index contributed by atoms with van der Waals surface area (Å²) in [5.41, 5.74) is 1.28. The van der Waals surface area contributed by atoms with Crippen LogP contribution >= 0.6 is 11.8 Å². The van der Waals surface area contributed by atoms with Gasteiger partial charge in [-0.2, -0.15) is 0 Å². The molecule has 2 aromatic rings. The van der Waals surface area contributed by atoms with Crippen LogP contribution in [0.3, 0.4) is 0 Å². The molecule has 0 saturated heterocycles. The van der Waals surface area contributed by atoms with Gasteiger partial charge in [-0.1, -0.05) is 42.5 Å². The lowest BCUT2D eigenvalue weighted by molar-refractivity contribution is -0.153. The van der Waals surface area contributed by atoms with Gasteiger partial charge in [0.05, 0.1) is 11.7 Å². The third kappa shape index (κ3) is 5.36. The number of nitrogens with one attached hydrogen (secondary N) is 1. The highest BCUT2D eigenvalue weighted by Crippen LogP contribution is 2.34. The summed E-state index contributed by atoms with van der Waals surface area (Å²) in [5, 5.41) is 3.35. The van der Waals surface area contributed by atoms with Crippen molar-refractivity contribution in [2.24, 2.45) is 0 Å². The smallest absolute Gasteiger partial charge is 0.326 e. The summed E-state index contributed by atoms with van der Waals surface area (Å²) >= 11 is 1.62. The Labute approximate surface area is 170 Å². The van der Waals surface area contributed by atoms with Gasteiger partial charge in [-0.25, -0.2) is 0 Å². The van der Waals surface area contributed by atoms with Crippen molar-refractivity contribution in [1.29, 1.82) is 0 Å². The molecule has 0 aliphatic carbocycles. The predicted molar refractivity (Wildman–Crippen MR) is 112 cm³/mol. The Morgan fingerprint density at radius 2 is 1.82 bits per heavy atom. The number of anilines is 1. The molecule has 2 aromatic carbocycles. The molecule has 6 heteroatoms. The van der Waals surface area contributed by atoms with E-state index in [-0.39, 0.29) is 18.5 Å². The van der Waals surface area contributed by atoms with Crippen LogP contribution in [-0.4, -0.2) is 35.8 Å². The van der Waals surface area contributed by atoms with E-state index >= 15 is 0 Å². The monoisotopic (exact) mass is 398 g/mol. The highest BCUT2D eigenvalue weighted by molar-refractivity contribution is 7.99. The molecule has 28 heavy (non-hydrogen) atoms. The normalized spacial score (nSPS) is 17.0. The van der Waals surface area contributed by atoms with Gasteiger partial charge in [0.2, 0.25) is 5.91 Å². The van der Waals surface area contributed by atoms with E-state index in [9.17, 15) is 9.59 Å². The van der Waals surface area contributed by atoms with Crippen LogP contribution in [0.1, 0.15) is 26.3 Å². The van der Waals surface area contributed by atoms with Gasteiger partial charge < -0.3 is 10.1 Å². The number of esters is 1. The maximum absolute atomic E-state index is 13.3. The van der Waals surface area contributed by atoms with Crippen LogP contribution < -0.4 is 10.2 Å². The summed E-state index contributed by atoms with van der Waals surface area (Å²) in [6.45, 7) is 5.96. The molecule has 3 rings (SSSR count). The quantitative estimate of drug-likeness (QED) is 0.780. The Bertz CT molecular complexity index is 833. The number of nitrogens with zero attached hydrogens (tertiary/aromatic N) is 1. The third-order valence-corrected chi connectivity index (χ3v) is 5.38. The van der Waals surface area contributed by atoms with E-state index in [0.717, 1.165) is 16.1 Å². The Morgan fingerprint density at radius 3 is 2.54 bits per heavy atom. The summed E-state index contributed by atoms with van der Waals surface area (Å²) < 4.78 is 5.45. The zero-order valence-electron chi connectivity index (χ0n) is 16.5. The van der Waals surface area contributed by atoms with Gasteiger partial charge in [0, 0.05) is 17.2 Å². The first-order chi connectivity index (χ1) is 13.3. The molecule has 0 bridgehead atoms. The maximum Gasteiger partial charge on any atom is 0.326 e. The van der Waals surface area contributed by atoms with Crippen molar-refractivity contribution in [3.63, 3.8) is 0 Å². The molecule has 1 heterocycles. The second-order valence-corrected chi connectivity index (χ2v) is 8.77. The summed E-state index contributed by atoms with van der Waals surface area (Å²) in [6.07, 6.45) is 0. The van der Waals surface area contributed by atoms with E-state index < -0.39 is 11.6 Å². The van der Waals surface area contributed by atoms with Crippen molar-refractivity contribution in [1.82, 2.24) is 5.32 Å². The first-order valence-electron chi connectivity index (χ1n) is 9.36. The Balaban J connectivity index is 1.79. The van der Waals surface area contributed by atoms with E-state index in [1.54, 1.807) is 16.7 Å². The third-order valence-electron chi connectivity index (χ3n) is 4.23. The second kappa shape index (κ2) is 8.80. The minimum Gasteiger partial charge on any atom is -0.459 e. The number of carbonyl (C=O) groups is 2. The van der Waals surface area contributed by atoms with Gasteiger partial charge in [0.15, 0.2) is 0 Å². The number of thioether (sulfide) groups is 1. The number of amides is 1. The minimum atomic E-state index is -0.592. The lowest BCUT2D eigenvalue weighted by atomic mass is 10.2. The first-order valence-corrected chi connectivity index (χ1v) is 10.3. The fourth-order valence-corrected chi connectivity index (χ4v) is 4.11. The van der Waals surface area contributed by atoms with E-state index in [1.165, 1.54) is 0 Å². The zero-order chi connectivity index (χ0) is 20.1. The van der Waals surface area contributed by atoms with Crippen molar-refractivity contribution < 1.29 is 14.3 Å². The highest BCUT2D eigenvalue weighted by Gasteiger charge is 2.32. The van der Waals surface area contributed by atoms with Gasteiger partial charge in [-0.05, 0) is 38.5 Å². The molecule has 1 atom stereocenters.